The van der Waals surface area contributed by atoms with Crippen LogP contribution in [0, 0.1) is 21.7 Å². The number of amides is 1. The fraction of sp³-hybridized carbons (Fsp3) is 0.188. The summed E-state index contributed by atoms with van der Waals surface area (Å²) in [6, 6.07) is 8.61. The Hall–Kier alpha value is -2.87. The van der Waals surface area contributed by atoms with E-state index < -0.39 is 34.1 Å². The van der Waals surface area contributed by atoms with Crippen molar-refractivity contribution in [2.24, 2.45) is 0 Å². The van der Waals surface area contributed by atoms with E-state index >= 15 is 0 Å². The Bertz CT molecular complexity index is 730. The fourth-order valence-electron chi connectivity index (χ4n) is 2.13. The average molecular weight is 336 g/mol. The van der Waals surface area contributed by atoms with E-state index in [0.717, 1.165) is 12.1 Å². The first-order valence-electron chi connectivity index (χ1n) is 7.00. The van der Waals surface area contributed by atoms with Gasteiger partial charge in [-0.15, -0.1) is 0 Å². The molecule has 0 saturated carbocycles. The maximum Gasteiger partial charge on any atom is 0.269 e. The van der Waals surface area contributed by atoms with Gasteiger partial charge in [-0.05, 0) is 17.7 Å². The Morgan fingerprint density at radius 2 is 1.75 bits per heavy atom. The highest BCUT2D eigenvalue weighted by atomic mass is 19.1. The molecule has 0 aliphatic heterocycles. The van der Waals surface area contributed by atoms with Gasteiger partial charge in [-0.3, -0.25) is 14.9 Å². The monoisotopic (exact) mass is 336 g/mol. The van der Waals surface area contributed by atoms with Gasteiger partial charge >= 0.3 is 0 Å². The number of rotatable bonds is 6. The molecule has 2 N–H and O–H groups in total. The van der Waals surface area contributed by atoms with Crippen LogP contribution >= 0.6 is 0 Å². The predicted octanol–water partition coefficient (Wildman–Crippen LogP) is 2.27. The van der Waals surface area contributed by atoms with Gasteiger partial charge in [-0.1, -0.05) is 18.2 Å². The Morgan fingerprint density at radius 3 is 2.29 bits per heavy atom. The lowest BCUT2D eigenvalue weighted by atomic mass is 10.1. The molecule has 6 nitrogen and oxygen atoms in total. The van der Waals surface area contributed by atoms with E-state index in [0.29, 0.717) is 5.56 Å². The number of carbonyl (C=O) groups excluding carboxylic acids is 1. The molecule has 8 heteroatoms. The van der Waals surface area contributed by atoms with Crippen LogP contribution in [0.25, 0.3) is 0 Å². The minimum absolute atomic E-state index is 0.0789. The van der Waals surface area contributed by atoms with Gasteiger partial charge in [0.05, 0.1) is 16.9 Å². The van der Waals surface area contributed by atoms with Crippen molar-refractivity contribution in [2.45, 2.75) is 12.5 Å². The van der Waals surface area contributed by atoms with Crippen molar-refractivity contribution in [3.05, 3.63) is 75.3 Å². The zero-order chi connectivity index (χ0) is 17.7. The Balaban J connectivity index is 1.92. The van der Waals surface area contributed by atoms with Gasteiger partial charge in [0, 0.05) is 18.7 Å². The Kier molecular flexibility index (Phi) is 5.54. The third kappa shape index (κ3) is 4.32. The van der Waals surface area contributed by atoms with Crippen molar-refractivity contribution in [3.63, 3.8) is 0 Å². The summed E-state index contributed by atoms with van der Waals surface area (Å²) in [5.74, 6) is -2.28. The quantitative estimate of drug-likeness (QED) is 0.625. The first-order chi connectivity index (χ1) is 11.4. The molecule has 2 rings (SSSR count). The van der Waals surface area contributed by atoms with Gasteiger partial charge in [-0.2, -0.15) is 0 Å². The van der Waals surface area contributed by atoms with Gasteiger partial charge in [0.2, 0.25) is 5.91 Å². The average Bonchev–Trinajstić information content (AvgIpc) is 2.53. The molecule has 0 saturated heterocycles. The molecular weight excluding hydrogens is 322 g/mol. The lowest BCUT2D eigenvalue weighted by Crippen LogP contribution is -2.30. The number of benzene rings is 2. The lowest BCUT2D eigenvalue weighted by molar-refractivity contribution is -0.384. The molecule has 0 heterocycles. The largest absolute Gasteiger partial charge is 0.386 e. The van der Waals surface area contributed by atoms with E-state index in [2.05, 4.69) is 5.32 Å². The summed E-state index contributed by atoms with van der Waals surface area (Å²) in [5.41, 5.74) is -0.0672. The molecule has 126 valence electrons. The summed E-state index contributed by atoms with van der Waals surface area (Å²) in [7, 11) is 0. The Labute approximate surface area is 135 Å². The summed E-state index contributed by atoms with van der Waals surface area (Å²) >= 11 is 0. The number of nitro benzene ring substituents is 1. The molecule has 1 unspecified atom stereocenters. The molecule has 1 amide bonds. The van der Waals surface area contributed by atoms with Crippen LogP contribution in [0.3, 0.4) is 0 Å². The molecule has 0 aliphatic carbocycles. The summed E-state index contributed by atoms with van der Waals surface area (Å²) < 4.78 is 27.0. The van der Waals surface area contributed by atoms with E-state index in [-0.39, 0.29) is 18.7 Å². The van der Waals surface area contributed by atoms with Crippen LogP contribution in [0.15, 0.2) is 42.5 Å². The van der Waals surface area contributed by atoms with Crippen molar-refractivity contribution < 1.29 is 23.6 Å². The van der Waals surface area contributed by atoms with Crippen LogP contribution < -0.4 is 5.32 Å². The Morgan fingerprint density at radius 1 is 1.17 bits per heavy atom. The first kappa shape index (κ1) is 17.5. The van der Waals surface area contributed by atoms with Gasteiger partial charge < -0.3 is 10.4 Å². The zero-order valence-electron chi connectivity index (χ0n) is 12.4. The van der Waals surface area contributed by atoms with E-state index in [4.69, 9.17) is 0 Å². The number of nitro groups is 1. The van der Waals surface area contributed by atoms with E-state index in [1.54, 1.807) is 0 Å². The van der Waals surface area contributed by atoms with Crippen molar-refractivity contribution in [2.75, 3.05) is 6.54 Å². The SMILES string of the molecule is O=C(Cc1ccc([N+](=O)[O-])cc1)NCC(O)c1c(F)cccc1F. The zero-order valence-corrected chi connectivity index (χ0v) is 12.4. The minimum atomic E-state index is -1.52. The number of halogens is 2. The van der Waals surface area contributed by atoms with Crippen molar-refractivity contribution >= 4 is 11.6 Å². The standard InChI is InChI=1S/C16H14F2N2O4/c17-12-2-1-3-13(18)16(12)14(21)9-19-15(22)8-10-4-6-11(7-5-10)20(23)24/h1-7,14,21H,8-9H2,(H,19,22). The molecule has 24 heavy (non-hydrogen) atoms. The lowest BCUT2D eigenvalue weighted by Gasteiger charge is -2.14. The van der Waals surface area contributed by atoms with Crippen LogP contribution in [-0.2, 0) is 11.2 Å². The molecule has 0 aliphatic rings. The van der Waals surface area contributed by atoms with Gasteiger partial charge in [0.1, 0.15) is 17.7 Å². The highest BCUT2D eigenvalue weighted by Gasteiger charge is 2.18. The molecule has 0 bridgehead atoms. The number of aliphatic hydroxyl groups excluding tert-OH is 1. The van der Waals surface area contributed by atoms with Crippen LogP contribution in [0.5, 0.6) is 0 Å². The number of carbonyl (C=O) groups is 1. The highest BCUT2D eigenvalue weighted by Crippen LogP contribution is 2.20. The molecule has 0 radical (unpaired) electrons. The van der Waals surface area contributed by atoms with Gasteiger partial charge in [-0.25, -0.2) is 8.78 Å². The van der Waals surface area contributed by atoms with Crippen molar-refractivity contribution in [3.8, 4) is 0 Å². The molecule has 2 aromatic carbocycles. The van der Waals surface area contributed by atoms with E-state index in [1.807, 2.05) is 0 Å². The van der Waals surface area contributed by atoms with Gasteiger partial charge in [0.25, 0.3) is 5.69 Å². The maximum absolute atomic E-state index is 13.5. The number of non-ortho nitro benzene ring substituents is 1. The first-order valence-corrected chi connectivity index (χ1v) is 7.00. The maximum atomic E-state index is 13.5. The number of hydrogen-bond donors (Lipinski definition) is 2. The fourth-order valence-corrected chi connectivity index (χ4v) is 2.13. The van der Waals surface area contributed by atoms with Crippen LogP contribution in [0.4, 0.5) is 14.5 Å². The van der Waals surface area contributed by atoms with Crippen LogP contribution in [0.1, 0.15) is 17.2 Å². The number of hydrogen-bond acceptors (Lipinski definition) is 4. The second-order valence-corrected chi connectivity index (χ2v) is 5.06. The normalized spacial score (nSPS) is 11.8. The molecule has 2 aromatic rings. The predicted molar refractivity (Wildman–Crippen MR) is 81.1 cm³/mol. The number of nitrogens with zero attached hydrogens (tertiary/aromatic N) is 1. The number of aliphatic hydroxyl groups is 1. The molecule has 0 aromatic heterocycles. The minimum Gasteiger partial charge on any atom is -0.386 e. The second kappa shape index (κ2) is 7.60. The topological polar surface area (TPSA) is 92.5 Å². The van der Waals surface area contributed by atoms with Crippen LogP contribution in [-0.4, -0.2) is 22.5 Å². The third-order valence-corrected chi connectivity index (χ3v) is 3.34. The smallest absolute Gasteiger partial charge is 0.269 e. The van der Waals surface area contributed by atoms with Gasteiger partial charge in [0.15, 0.2) is 0 Å². The summed E-state index contributed by atoms with van der Waals surface area (Å²) in [5, 5.41) is 22.7. The molecular formula is C16H14F2N2O4. The van der Waals surface area contributed by atoms with Crippen LogP contribution in [0.2, 0.25) is 0 Å². The third-order valence-electron chi connectivity index (χ3n) is 3.34. The summed E-state index contributed by atoms with van der Waals surface area (Å²) in [6.07, 6.45) is -1.60. The molecule has 0 spiro atoms. The summed E-state index contributed by atoms with van der Waals surface area (Å²) in [6.45, 7) is -0.357. The summed E-state index contributed by atoms with van der Waals surface area (Å²) in [4.78, 5) is 21.8. The number of nitrogens with one attached hydrogen (secondary N) is 1. The molecule has 1 atom stereocenters. The van der Waals surface area contributed by atoms with E-state index in [9.17, 15) is 28.8 Å². The second-order valence-electron chi connectivity index (χ2n) is 5.06. The van der Waals surface area contributed by atoms with Crippen molar-refractivity contribution in [1.82, 2.24) is 5.32 Å². The highest BCUT2D eigenvalue weighted by molar-refractivity contribution is 5.78. The van der Waals surface area contributed by atoms with E-state index in [1.165, 1.54) is 30.3 Å². The van der Waals surface area contributed by atoms with Crippen molar-refractivity contribution in [1.29, 1.82) is 0 Å². The molecule has 0 fully saturated rings.